The molecule has 2 fully saturated rings. The highest BCUT2D eigenvalue weighted by molar-refractivity contribution is 5.79. The molecule has 0 N–H and O–H groups in total. The average molecular weight is 403 g/mol. The smallest absolute Gasteiger partial charge is 0.227 e. The van der Waals surface area contributed by atoms with Gasteiger partial charge in [0.25, 0.3) is 0 Å². The molecule has 29 heavy (non-hydrogen) atoms. The van der Waals surface area contributed by atoms with Gasteiger partial charge in [-0.05, 0) is 32.6 Å². The fraction of sp³-hybridized carbons (Fsp3) is 0.727. The van der Waals surface area contributed by atoms with E-state index in [4.69, 9.17) is 14.7 Å². The highest BCUT2D eigenvalue weighted by atomic mass is 16.5. The third kappa shape index (κ3) is 5.53. The topological polar surface area (TPSA) is 75.6 Å². The molecule has 7 nitrogen and oxygen atoms in total. The van der Waals surface area contributed by atoms with Crippen LogP contribution in [0.5, 0.6) is 0 Å². The molecule has 1 atom stereocenters. The zero-order chi connectivity index (χ0) is 21.0. The number of carbonyl (C=O) groups excluding carboxylic acids is 2. The molecule has 1 aromatic heterocycles. The number of morpholine rings is 1. The van der Waals surface area contributed by atoms with E-state index in [1.807, 2.05) is 23.6 Å². The third-order valence-corrected chi connectivity index (χ3v) is 5.85. The Bertz CT molecular complexity index is 721. The van der Waals surface area contributed by atoms with Crippen LogP contribution < -0.4 is 0 Å². The van der Waals surface area contributed by atoms with Gasteiger partial charge in [-0.25, -0.2) is 9.97 Å². The molecule has 2 aliphatic heterocycles. The lowest BCUT2D eigenvalue weighted by Crippen LogP contribution is -2.41. The lowest BCUT2D eigenvalue weighted by molar-refractivity contribution is -0.134. The summed E-state index contributed by atoms with van der Waals surface area (Å²) in [4.78, 5) is 38.5. The van der Waals surface area contributed by atoms with Crippen molar-refractivity contribution in [1.29, 1.82) is 0 Å². The van der Waals surface area contributed by atoms with E-state index in [9.17, 15) is 9.59 Å². The molecule has 2 aliphatic rings. The van der Waals surface area contributed by atoms with Gasteiger partial charge >= 0.3 is 0 Å². The second-order valence-electron chi connectivity index (χ2n) is 8.68. The lowest BCUT2D eigenvalue weighted by Gasteiger charge is -2.33. The van der Waals surface area contributed by atoms with Crippen LogP contribution in [0.3, 0.4) is 0 Å². The first kappa shape index (κ1) is 21.7. The maximum absolute atomic E-state index is 12.6. The summed E-state index contributed by atoms with van der Waals surface area (Å²) in [6, 6.07) is 0. The monoisotopic (exact) mass is 402 g/mol. The van der Waals surface area contributed by atoms with Crippen molar-refractivity contribution in [3.8, 4) is 0 Å². The van der Waals surface area contributed by atoms with Crippen molar-refractivity contribution in [2.24, 2.45) is 5.92 Å². The summed E-state index contributed by atoms with van der Waals surface area (Å²) >= 11 is 0. The largest absolute Gasteiger partial charge is 0.378 e. The van der Waals surface area contributed by atoms with Gasteiger partial charge in [0.2, 0.25) is 11.8 Å². The van der Waals surface area contributed by atoms with Crippen molar-refractivity contribution in [2.45, 2.75) is 59.3 Å². The summed E-state index contributed by atoms with van der Waals surface area (Å²) in [7, 11) is 0. The molecule has 7 heteroatoms. The zero-order valence-corrected chi connectivity index (χ0v) is 18.2. The summed E-state index contributed by atoms with van der Waals surface area (Å²) in [5, 5.41) is 0. The Morgan fingerprint density at radius 1 is 1.03 bits per heavy atom. The van der Waals surface area contributed by atoms with E-state index >= 15 is 0 Å². The minimum Gasteiger partial charge on any atom is -0.378 e. The normalized spacial score (nSPS) is 20.2. The molecule has 0 unspecified atom stereocenters. The second-order valence-corrected chi connectivity index (χ2v) is 8.68. The number of piperidine rings is 1. The maximum Gasteiger partial charge on any atom is 0.227 e. The van der Waals surface area contributed by atoms with Crippen LogP contribution in [0.4, 0.5) is 0 Å². The van der Waals surface area contributed by atoms with Gasteiger partial charge in [-0.2, -0.15) is 0 Å². The van der Waals surface area contributed by atoms with Crippen molar-refractivity contribution in [1.82, 2.24) is 19.8 Å². The average Bonchev–Trinajstić information content (AvgIpc) is 2.70. The Hall–Kier alpha value is -2.02. The molecule has 1 aromatic rings. The van der Waals surface area contributed by atoms with Gasteiger partial charge in [0, 0.05) is 55.5 Å². The van der Waals surface area contributed by atoms with Crippen LogP contribution in [-0.4, -0.2) is 71.0 Å². The van der Waals surface area contributed by atoms with Crippen LogP contribution in [0.1, 0.15) is 61.8 Å². The summed E-state index contributed by atoms with van der Waals surface area (Å²) in [6.45, 7) is 12.1. The van der Waals surface area contributed by atoms with Gasteiger partial charge in [0.05, 0.1) is 19.6 Å². The van der Waals surface area contributed by atoms with E-state index < -0.39 is 0 Å². The van der Waals surface area contributed by atoms with Gasteiger partial charge in [-0.3, -0.25) is 9.59 Å². The van der Waals surface area contributed by atoms with Crippen LogP contribution in [0.2, 0.25) is 0 Å². The predicted molar refractivity (Wildman–Crippen MR) is 111 cm³/mol. The number of hydrogen-bond acceptors (Lipinski definition) is 5. The van der Waals surface area contributed by atoms with Crippen molar-refractivity contribution >= 4 is 11.8 Å². The van der Waals surface area contributed by atoms with Crippen molar-refractivity contribution in [3.63, 3.8) is 0 Å². The van der Waals surface area contributed by atoms with Gasteiger partial charge in [0.15, 0.2) is 0 Å². The van der Waals surface area contributed by atoms with Crippen LogP contribution in [-0.2, 0) is 20.7 Å². The third-order valence-electron chi connectivity index (χ3n) is 5.85. The minimum atomic E-state index is 0.110. The fourth-order valence-electron chi connectivity index (χ4n) is 4.17. The molecule has 0 radical (unpaired) electrons. The molecule has 0 bridgehead atoms. The summed E-state index contributed by atoms with van der Waals surface area (Å²) in [6.07, 6.45) is 2.90. The Morgan fingerprint density at radius 2 is 1.69 bits per heavy atom. The fourth-order valence-corrected chi connectivity index (χ4v) is 4.17. The highest BCUT2D eigenvalue weighted by Crippen LogP contribution is 2.27. The SMILES string of the molecule is Cc1nc([C@H]2CCCN(C(=O)CC(C)C)C2)nc(C)c1CC(=O)N1CCOCC1. The summed E-state index contributed by atoms with van der Waals surface area (Å²) in [5.41, 5.74) is 2.67. The number of aromatic nitrogens is 2. The number of ether oxygens (including phenoxy) is 1. The first-order valence-corrected chi connectivity index (χ1v) is 10.8. The number of likely N-dealkylation sites (tertiary alicyclic amines) is 1. The lowest BCUT2D eigenvalue weighted by atomic mass is 9.95. The standard InChI is InChI=1S/C22H34N4O3/c1-15(2)12-20(27)26-7-5-6-18(14-26)22-23-16(3)19(17(4)24-22)13-21(28)25-8-10-29-11-9-25/h15,18H,5-14H2,1-4H3/t18-/m0/s1. The molecule has 3 heterocycles. The van der Waals surface area contributed by atoms with Gasteiger partial charge < -0.3 is 14.5 Å². The zero-order valence-electron chi connectivity index (χ0n) is 18.2. The summed E-state index contributed by atoms with van der Waals surface area (Å²) in [5.74, 6) is 1.68. The number of rotatable bonds is 5. The van der Waals surface area contributed by atoms with Crippen molar-refractivity contribution < 1.29 is 14.3 Å². The molecule has 2 amide bonds. The Balaban J connectivity index is 1.69. The van der Waals surface area contributed by atoms with Gasteiger partial charge in [0.1, 0.15) is 5.82 Å². The van der Waals surface area contributed by atoms with E-state index in [0.29, 0.717) is 51.6 Å². The molecule has 3 rings (SSSR count). The van der Waals surface area contributed by atoms with Crippen molar-refractivity contribution in [3.05, 3.63) is 22.8 Å². The molecule has 0 saturated carbocycles. The van der Waals surface area contributed by atoms with Gasteiger partial charge in [-0.15, -0.1) is 0 Å². The molecule has 0 aromatic carbocycles. The Kier molecular flexibility index (Phi) is 7.22. The molecule has 0 spiro atoms. The molecule has 2 saturated heterocycles. The Labute approximate surface area is 173 Å². The van der Waals surface area contributed by atoms with Crippen LogP contribution in [0.25, 0.3) is 0 Å². The van der Waals surface area contributed by atoms with E-state index in [-0.39, 0.29) is 17.7 Å². The molecule has 0 aliphatic carbocycles. The van der Waals surface area contributed by atoms with Crippen molar-refractivity contribution in [2.75, 3.05) is 39.4 Å². The predicted octanol–water partition coefficient (Wildman–Crippen LogP) is 2.25. The highest BCUT2D eigenvalue weighted by Gasteiger charge is 2.28. The second kappa shape index (κ2) is 9.65. The molecular formula is C22H34N4O3. The van der Waals surface area contributed by atoms with Crippen LogP contribution in [0, 0.1) is 19.8 Å². The van der Waals surface area contributed by atoms with E-state index in [0.717, 1.165) is 42.2 Å². The van der Waals surface area contributed by atoms with E-state index in [1.54, 1.807) is 0 Å². The number of aryl methyl sites for hydroxylation is 2. The number of amides is 2. The quantitative estimate of drug-likeness (QED) is 0.755. The first-order valence-electron chi connectivity index (χ1n) is 10.8. The number of nitrogens with zero attached hydrogens (tertiary/aromatic N) is 4. The Morgan fingerprint density at radius 3 is 2.31 bits per heavy atom. The van der Waals surface area contributed by atoms with Crippen LogP contribution in [0.15, 0.2) is 0 Å². The van der Waals surface area contributed by atoms with Crippen LogP contribution >= 0.6 is 0 Å². The minimum absolute atomic E-state index is 0.110. The molecular weight excluding hydrogens is 368 g/mol. The summed E-state index contributed by atoms with van der Waals surface area (Å²) < 4.78 is 5.33. The number of hydrogen-bond donors (Lipinski definition) is 0. The maximum atomic E-state index is 12.6. The van der Waals surface area contributed by atoms with E-state index in [2.05, 4.69) is 13.8 Å². The first-order chi connectivity index (χ1) is 13.8. The molecule has 160 valence electrons. The van der Waals surface area contributed by atoms with E-state index in [1.165, 1.54) is 0 Å². The number of carbonyl (C=O) groups is 2. The van der Waals surface area contributed by atoms with Gasteiger partial charge in [-0.1, -0.05) is 13.8 Å².